The summed E-state index contributed by atoms with van der Waals surface area (Å²) >= 11 is 0. The molecule has 0 saturated heterocycles. The molecule has 24 heavy (non-hydrogen) atoms. The number of nitrogens with zero attached hydrogens (tertiary/aromatic N) is 1. The second kappa shape index (κ2) is 9.10. The van der Waals surface area contributed by atoms with Crippen LogP contribution in [0.2, 0.25) is 0 Å². The van der Waals surface area contributed by atoms with Gasteiger partial charge in [0.05, 0.1) is 0 Å². The first kappa shape index (κ1) is 18.8. The number of phenolic OH excluding ortho intramolecular Hbond substituents is 1. The molecule has 0 spiro atoms. The molecule has 0 fully saturated rings. The van der Waals surface area contributed by atoms with E-state index in [1.165, 1.54) is 23.1 Å². The van der Waals surface area contributed by atoms with E-state index in [-0.39, 0.29) is 12.4 Å². The topological polar surface area (TPSA) is 23.5 Å². The summed E-state index contributed by atoms with van der Waals surface area (Å²) in [4.78, 5) is 2.65. The molecule has 1 aliphatic rings. The third kappa shape index (κ3) is 4.52. The Labute approximate surface area is 151 Å². The zero-order valence-electron chi connectivity index (χ0n) is 14.4. The third-order valence-electron chi connectivity index (χ3n) is 4.99. The highest BCUT2D eigenvalue weighted by Gasteiger charge is 2.25. The predicted octanol–water partition coefficient (Wildman–Crippen LogP) is 4.63. The summed E-state index contributed by atoms with van der Waals surface area (Å²) in [6.45, 7) is 4.54. The van der Waals surface area contributed by atoms with Gasteiger partial charge in [0.1, 0.15) is 5.75 Å². The highest BCUT2D eigenvalue weighted by Crippen LogP contribution is 2.30. The summed E-state index contributed by atoms with van der Waals surface area (Å²) in [7, 11) is 0. The third-order valence-corrected chi connectivity index (χ3v) is 4.99. The van der Waals surface area contributed by atoms with Crippen LogP contribution in [0, 0.1) is 0 Å². The summed E-state index contributed by atoms with van der Waals surface area (Å²) in [6.07, 6.45) is 5.53. The zero-order chi connectivity index (χ0) is 16.1. The smallest absolute Gasteiger partial charge is 0.119 e. The lowest BCUT2D eigenvalue weighted by molar-refractivity contribution is 0.181. The molecule has 0 aromatic heterocycles. The zero-order valence-corrected chi connectivity index (χ0v) is 15.3. The van der Waals surface area contributed by atoms with Gasteiger partial charge in [0.25, 0.3) is 0 Å². The Bertz CT molecular complexity index is 629. The Morgan fingerprint density at radius 3 is 2.58 bits per heavy atom. The number of aromatic hydroxyl groups is 1. The molecule has 0 amide bonds. The Balaban J connectivity index is 0.00000208. The standard InChI is InChI=1S/C21H27NO.ClH/c1-2-14-22(15-13-17-7-4-3-5-8-17)19-11-12-20-18(16-19)9-6-10-21(20)23;/h3-10,19,23H,2,11-16H2,1H3;1H. The minimum atomic E-state index is 0. The van der Waals surface area contributed by atoms with Gasteiger partial charge >= 0.3 is 0 Å². The number of hydrogen-bond acceptors (Lipinski definition) is 2. The summed E-state index contributed by atoms with van der Waals surface area (Å²) in [6, 6.07) is 17.4. The van der Waals surface area contributed by atoms with E-state index in [4.69, 9.17) is 0 Å². The van der Waals surface area contributed by atoms with Crippen molar-refractivity contribution in [2.45, 2.75) is 45.1 Å². The fourth-order valence-corrected chi connectivity index (χ4v) is 3.76. The second-order valence-electron chi connectivity index (χ2n) is 6.58. The van der Waals surface area contributed by atoms with Crippen molar-refractivity contribution in [3.8, 4) is 5.75 Å². The van der Waals surface area contributed by atoms with Gasteiger partial charge in [-0.2, -0.15) is 0 Å². The molecule has 1 aliphatic carbocycles. The SMILES string of the molecule is CCCN(CCc1ccccc1)C1CCc2c(O)cccc2C1.Cl. The molecule has 0 bridgehead atoms. The van der Waals surface area contributed by atoms with Crippen LogP contribution in [0.25, 0.3) is 0 Å². The van der Waals surface area contributed by atoms with Gasteiger partial charge < -0.3 is 5.11 Å². The van der Waals surface area contributed by atoms with E-state index >= 15 is 0 Å². The predicted molar refractivity (Wildman–Crippen MR) is 103 cm³/mol. The van der Waals surface area contributed by atoms with Crippen molar-refractivity contribution in [3.05, 3.63) is 65.2 Å². The first-order chi connectivity index (χ1) is 11.3. The number of hydrogen-bond donors (Lipinski definition) is 1. The van der Waals surface area contributed by atoms with Gasteiger partial charge in [0.15, 0.2) is 0 Å². The molecule has 0 aliphatic heterocycles. The second-order valence-corrected chi connectivity index (χ2v) is 6.58. The van der Waals surface area contributed by atoms with Crippen molar-refractivity contribution in [2.75, 3.05) is 13.1 Å². The van der Waals surface area contributed by atoms with E-state index in [1.54, 1.807) is 0 Å². The maximum Gasteiger partial charge on any atom is 0.119 e. The molecule has 1 N–H and O–H groups in total. The molecule has 130 valence electrons. The molecule has 3 heteroatoms. The monoisotopic (exact) mass is 345 g/mol. The van der Waals surface area contributed by atoms with Crippen LogP contribution < -0.4 is 0 Å². The number of benzene rings is 2. The van der Waals surface area contributed by atoms with E-state index < -0.39 is 0 Å². The Kier molecular flexibility index (Phi) is 7.14. The molecule has 3 rings (SSSR count). The van der Waals surface area contributed by atoms with Gasteiger partial charge in [-0.15, -0.1) is 12.4 Å². The normalized spacial score (nSPS) is 16.5. The summed E-state index contributed by atoms with van der Waals surface area (Å²) in [5.41, 5.74) is 3.92. The highest BCUT2D eigenvalue weighted by molar-refractivity contribution is 5.85. The Morgan fingerprint density at radius 2 is 1.83 bits per heavy atom. The number of halogens is 1. The van der Waals surface area contributed by atoms with Crippen molar-refractivity contribution in [2.24, 2.45) is 0 Å². The van der Waals surface area contributed by atoms with Crippen LogP contribution >= 0.6 is 12.4 Å². The number of rotatable bonds is 6. The van der Waals surface area contributed by atoms with Gasteiger partial charge in [0.2, 0.25) is 0 Å². The molecule has 2 aromatic rings. The van der Waals surface area contributed by atoms with Crippen LogP contribution in [0.1, 0.15) is 36.5 Å². The van der Waals surface area contributed by atoms with Crippen molar-refractivity contribution in [3.63, 3.8) is 0 Å². The Morgan fingerprint density at radius 1 is 1.04 bits per heavy atom. The average Bonchev–Trinajstić information content (AvgIpc) is 2.59. The molecule has 0 radical (unpaired) electrons. The molecule has 1 unspecified atom stereocenters. The molecule has 0 heterocycles. The minimum Gasteiger partial charge on any atom is -0.508 e. The molecule has 2 nitrogen and oxygen atoms in total. The maximum atomic E-state index is 10.0. The van der Waals surface area contributed by atoms with Crippen LogP contribution in [0.4, 0.5) is 0 Å². The van der Waals surface area contributed by atoms with Gasteiger partial charge in [-0.25, -0.2) is 0 Å². The van der Waals surface area contributed by atoms with E-state index in [2.05, 4.69) is 48.2 Å². The number of phenols is 1. The van der Waals surface area contributed by atoms with Crippen LogP contribution in [-0.2, 0) is 19.3 Å². The average molecular weight is 346 g/mol. The van der Waals surface area contributed by atoms with Crippen molar-refractivity contribution in [1.82, 2.24) is 4.90 Å². The van der Waals surface area contributed by atoms with E-state index in [0.29, 0.717) is 11.8 Å². The van der Waals surface area contributed by atoms with Gasteiger partial charge in [-0.1, -0.05) is 49.4 Å². The summed E-state index contributed by atoms with van der Waals surface area (Å²) in [5.74, 6) is 0.479. The summed E-state index contributed by atoms with van der Waals surface area (Å²) in [5, 5.41) is 10.0. The molecular weight excluding hydrogens is 318 g/mol. The first-order valence-corrected chi connectivity index (χ1v) is 8.85. The molecular formula is C21H28ClNO. The summed E-state index contributed by atoms with van der Waals surface area (Å²) < 4.78 is 0. The van der Waals surface area contributed by atoms with E-state index in [0.717, 1.165) is 38.8 Å². The quantitative estimate of drug-likeness (QED) is 0.825. The fraction of sp³-hybridized carbons (Fsp3) is 0.429. The lowest BCUT2D eigenvalue weighted by Crippen LogP contribution is -2.41. The molecule has 0 saturated carbocycles. The lowest BCUT2D eigenvalue weighted by atomic mass is 9.86. The van der Waals surface area contributed by atoms with Crippen LogP contribution in [0.3, 0.4) is 0 Å². The van der Waals surface area contributed by atoms with Gasteiger partial charge in [0, 0.05) is 12.6 Å². The molecule has 1 atom stereocenters. The largest absolute Gasteiger partial charge is 0.508 e. The van der Waals surface area contributed by atoms with Crippen molar-refractivity contribution >= 4 is 12.4 Å². The van der Waals surface area contributed by atoms with Crippen LogP contribution in [-0.4, -0.2) is 29.1 Å². The van der Waals surface area contributed by atoms with Crippen LogP contribution in [0.15, 0.2) is 48.5 Å². The van der Waals surface area contributed by atoms with E-state index in [1.807, 2.05) is 12.1 Å². The fourth-order valence-electron chi connectivity index (χ4n) is 3.76. The van der Waals surface area contributed by atoms with Crippen LogP contribution in [0.5, 0.6) is 5.75 Å². The first-order valence-electron chi connectivity index (χ1n) is 8.85. The maximum absolute atomic E-state index is 10.0. The minimum absolute atomic E-state index is 0. The number of fused-ring (bicyclic) bond motifs is 1. The van der Waals surface area contributed by atoms with E-state index in [9.17, 15) is 5.11 Å². The van der Waals surface area contributed by atoms with Crippen molar-refractivity contribution in [1.29, 1.82) is 0 Å². The lowest BCUT2D eigenvalue weighted by Gasteiger charge is -2.35. The van der Waals surface area contributed by atoms with Gasteiger partial charge in [-0.05, 0) is 61.4 Å². The highest BCUT2D eigenvalue weighted by atomic mass is 35.5. The molecule has 2 aromatic carbocycles. The van der Waals surface area contributed by atoms with Gasteiger partial charge in [-0.3, -0.25) is 4.90 Å². The Hall–Kier alpha value is -1.51. The van der Waals surface area contributed by atoms with Crippen molar-refractivity contribution < 1.29 is 5.11 Å².